The van der Waals surface area contributed by atoms with Crippen LogP contribution in [0.15, 0.2) is 12.2 Å². The fourth-order valence-electron chi connectivity index (χ4n) is 7.20. The number of likely N-dealkylation sites (N-methyl/N-ethyl adjacent to an activating group) is 1. The Morgan fingerprint density at radius 1 is 0.517 bits per heavy atom. The van der Waals surface area contributed by atoms with Crippen LogP contribution in [-0.2, 0) is 27.9 Å². The minimum Gasteiger partial charge on any atom is -0.457 e. The molecule has 8 nitrogen and oxygen atoms in total. The van der Waals surface area contributed by atoms with Gasteiger partial charge in [0, 0.05) is 13.0 Å². The van der Waals surface area contributed by atoms with E-state index < -0.39 is 13.9 Å². The van der Waals surface area contributed by atoms with E-state index in [2.05, 4.69) is 26.0 Å². The second-order valence-electron chi connectivity index (χ2n) is 18.2. The summed E-state index contributed by atoms with van der Waals surface area (Å²) in [7, 11) is 1.68. The molecule has 346 valence electrons. The van der Waals surface area contributed by atoms with E-state index in [4.69, 9.17) is 18.5 Å². The van der Waals surface area contributed by atoms with Gasteiger partial charge in [0.1, 0.15) is 19.3 Å². The summed E-state index contributed by atoms with van der Waals surface area (Å²) in [4.78, 5) is 22.9. The van der Waals surface area contributed by atoms with E-state index in [1.165, 1.54) is 186 Å². The van der Waals surface area contributed by atoms with E-state index in [0.717, 1.165) is 32.1 Å². The van der Waals surface area contributed by atoms with Gasteiger partial charge in [-0.2, -0.15) is 0 Å². The number of rotatable bonds is 47. The number of hydrogen-bond donors (Lipinski definition) is 1. The standard InChI is InChI=1S/C49H98NO7P/c1-6-8-10-12-14-16-18-19-20-21-22-23-24-25-26-27-28-29-30-31-32-33-35-37-39-41-44-54-46-48(47-56-58(52,53)55-45-43-50(3,4)5)57-49(51)42-40-38-36-34-17-15-13-11-9-7-2/h21-22,48H,6-20,23-47H2,1-5H3/p+1/b22-21-. The lowest BCUT2D eigenvalue weighted by Crippen LogP contribution is -2.37. The van der Waals surface area contributed by atoms with Crippen molar-refractivity contribution in [2.45, 2.75) is 245 Å². The topological polar surface area (TPSA) is 91.3 Å². The highest BCUT2D eigenvalue weighted by Crippen LogP contribution is 2.43. The molecular formula is C49H99NO7P+. The Balaban J connectivity index is 3.96. The van der Waals surface area contributed by atoms with E-state index >= 15 is 0 Å². The monoisotopic (exact) mass is 845 g/mol. The number of unbranched alkanes of at least 4 members (excludes halogenated alkanes) is 31. The van der Waals surface area contributed by atoms with Gasteiger partial charge in [0.15, 0.2) is 0 Å². The quantitative estimate of drug-likeness (QED) is 0.0214. The number of carbonyl (C=O) groups excluding carboxylic acids is 1. The Morgan fingerprint density at radius 2 is 0.897 bits per heavy atom. The first-order valence-electron chi connectivity index (χ1n) is 24.9. The average Bonchev–Trinajstić information content (AvgIpc) is 3.18. The van der Waals surface area contributed by atoms with Crippen LogP contribution in [-0.4, -0.2) is 75.6 Å². The van der Waals surface area contributed by atoms with Crippen LogP contribution in [0, 0.1) is 0 Å². The van der Waals surface area contributed by atoms with Gasteiger partial charge < -0.3 is 18.9 Å². The number of nitrogens with zero attached hydrogens (tertiary/aromatic N) is 1. The fourth-order valence-corrected chi connectivity index (χ4v) is 7.94. The lowest BCUT2D eigenvalue weighted by molar-refractivity contribution is -0.870. The maximum absolute atomic E-state index is 12.7. The van der Waals surface area contributed by atoms with E-state index in [1.807, 2.05) is 21.1 Å². The SMILES string of the molecule is CCCCCCCCCC/C=C\CCCCCCCCCCCCCCCCOCC(COP(=O)(O)OCC[N+](C)(C)C)OC(=O)CCCCCCCCCCCC. The highest BCUT2D eigenvalue weighted by atomic mass is 31.2. The zero-order valence-electron chi connectivity index (χ0n) is 39.3. The van der Waals surface area contributed by atoms with Crippen molar-refractivity contribution >= 4 is 13.8 Å². The molecule has 2 atom stereocenters. The van der Waals surface area contributed by atoms with Crippen LogP contribution in [0.3, 0.4) is 0 Å². The number of phosphoric acid groups is 1. The molecule has 0 amide bonds. The Hall–Kier alpha value is -0.760. The van der Waals surface area contributed by atoms with Crippen molar-refractivity contribution in [3.63, 3.8) is 0 Å². The molecule has 0 bridgehead atoms. The second-order valence-corrected chi connectivity index (χ2v) is 19.7. The summed E-state index contributed by atoms with van der Waals surface area (Å²) >= 11 is 0. The van der Waals surface area contributed by atoms with Gasteiger partial charge in [0.2, 0.25) is 0 Å². The number of phosphoric ester groups is 1. The third-order valence-electron chi connectivity index (χ3n) is 11.1. The number of esters is 1. The lowest BCUT2D eigenvalue weighted by Gasteiger charge is -2.24. The second kappa shape index (κ2) is 42.9. The summed E-state index contributed by atoms with van der Waals surface area (Å²) in [5.74, 6) is -0.312. The number of carbonyl (C=O) groups is 1. The molecule has 0 aromatic heterocycles. The smallest absolute Gasteiger partial charge is 0.457 e. The van der Waals surface area contributed by atoms with Crippen LogP contribution in [0.25, 0.3) is 0 Å². The summed E-state index contributed by atoms with van der Waals surface area (Å²) in [6.07, 6.45) is 48.4. The molecule has 1 N–H and O–H groups in total. The van der Waals surface area contributed by atoms with Crippen molar-refractivity contribution in [1.29, 1.82) is 0 Å². The zero-order valence-corrected chi connectivity index (χ0v) is 40.2. The molecule has 0 aromatic carbocycles. The predicted molar refractivity (Wildman–Crippen MR) is 247 cm³/mol. The molecule has 0 radical (unpaired) electrons. The lowest BCUT2D eigenvalue weighted by atomic mass is 10.0. The molecule has 0 rings (SSSR count). The summed E-state index contributed by atoms with van der Waals surface area (Å²) < 4.78 is 35.0. The largest absolute Gasteiger partial charge is 0.472 e. The summed E-state index contributed by atoms with van der Waals surface area (Å²) in [5.41, 5.74) is 0. The van der Waals surface area contributed by atoms with E-state index in [1.54, 1.807) is 0 Å². The molecule has 2 unspecified atom stereocenters. The van der Waals surface area contributed by atoms with Gasteiger partial charge in [0.05, 0.1) is 34.4 Å². The first-order valence-corrected chi connectivity index (χ1v) is 26.4. The van der Waals surface area contributed by atoms with Gasteiger partial charge in [0.25, 0.3) is 0 Å². The van der Waals surface area contributed by atoms with E-state index in [0.29, 0.717) is 24.1 Å². The molecule has 0 aliphatic rings. The molecule has 0 spiro atoms. The Labute approximate surface area is 360 Å². The molecule has 0 aromatic rings. The summed E-state index contributed by atoms with van der Waals surface area (Å²) in [6, 6.07) is 0. The van der Waals surface area contributed by atoms with Crippen molar-refractivity contribution in [2.24, 2.45) is 0 Å². The molecule has 58 heavy (non-hydrogen) atoms. The average molecular weight is 845 g/mol. The van der Waals surface area contributed by atoms with Gasteiger partial charge in [-0.15, -0.1) is 0 Å². The third kappa shape index (κ3) is 46.3. The molecule has 0 heterocycles. The highest BCUT2D eigenvalue weighted by molar-refractivity contribution is 7.47. The number of ether oxygens (including phenoxy) is 2. The van der Waals surface area contributed by atoms with Crippen LogP contribution >= 0.6 is 7.82 Å². The van der Waals surface area contributed by atoms with Crippen molar-refractivity contribution in [3.8, 4) is 0 Å². The normalized spacial score (nSPS) is 13.7. The maximum atomic E-state index is 12.7. The first kappa shape index (κ1) is 57.2. The highest BCUT2D eigenvalue weighted by Gasteiger charge is 2.26. The van der Waals surface area contributed by atoms with Crippen molar-refractivity contribution < 1.29 is 37.3 Å². The van der Waals surface area contributed by atoms with Crippen LogP contribution < -0.4 is 0 Å². The van der Waals surface area contributed by atoms with Crippen molar-refractivity contribution in [2.75, 3.05) is 54.1 Å². The van der Waals surface area contributed by atoms with Gasteiger partial charge in [-0.25, -0.2) is 4.57 Å². The fraction of sp³-hybridized carbons (Fsp3) is 0.939. The van der Waals surface area contributed by atoms with E-state index in [-0.39, 0.29) is 25.8 Å². The Bertz CT molecular complexity index is 940. The minimum absolute atomic E-state index is 0.0923. The Morgan fingerprint density at radius 3 is 1.31 bits per heavy atom. The molecule has 0 saturated carbocycles. The van der Waals surface area contributed by atoms with Crippen LogP contribution in [0.5, 0.6) is 0 Å². The number of hydrogen-bond acceptors (Lipinski definition) is 6. The van der Waals surface area contributed by atoms with Crippen LogP contribution in [0.4, 0.5) is 0 Å². The molecule has 0 fully saturated rings. The molecule has 0 aliphatic carbocycles. The van der Waals surface area contributed by atoms with Gasteiger partial charge in [-0.1, -0.05) is 206 Å². The Kier molecular flexibility index (Phi) is 42.3. The predicted octanol–water partition coefficient (Wildman–Crippen LogP) is 15.0. The number of allylic oxidation sites excluding steroid dienone is 2. The third-order valence-corrected chi connectivity index (χ3v) is 12.1. The summed E-state index contributed by atoms with van der Waals surface area (Å²) in [6.45, 7) is 5.65. The first-order chi connectivity index (χ1) is 28.1. The molecular weight excluding hydrogens is 746 g/mol. The minimum atomic E-state index is -4.27. The summed E-state index contributed by atoms with van der Waals surface area (Å²) in [5, 5.41) is 0. The molecule has 9 heteroatoms. The zero-order chi connectivity index (χ0) is 42.7. The van der Waals surface area contributed by atoms with Crippen LogP contribution in [0.1, 0.15) is 239 Å². The van der Waals surface area contributed by atoms with Crippen molar-refractivity contribution in [3.05, 3.63) is 12.2 Å². The number of quaternary nitrogens is 1. The van der Waals surface area contributed by atoms with Gasteiger partial charge >= 0.3 is 13.8 Å². The van der Waals surface area contributed by atoms with Crippen molar-refractivity contribution in [1.82, 2.24) is 0 Å². The van der Waals surface area contributed by atoms with Gasteiger partial charge in [-0.05, 0) is 38.5 Å². The molecule has 0 aliphatic heterocycles. The maximum Gasteiger partial charge on any atom is 0.472 e. The van der Waals surface area contributed by atoms with E-state index in [9.17, 15) is 14.3 Å². The van der Waals surface area contributed by atoms with Crippen LogP contribution in [0.2, 0.25) is 0 Å². The van der Waals surface area contributed by atoms with Gasteiger partial charge in [-0.3, -0.25) is 13.8 Å². The molecule has 0 saturated heterocycles.